The summed E-state index contributed by atoms with van der Waals surface area (Å²) in [4.78, 5) is 41.2. The Morgan fingerprint density at radius 1 is 0.970 bits per heavy atom. The molecule has 0 unspecified atom stereocenters. The zero-order chi connectivity index (χ0) is 24.0. The van der Waals surface area contributed by atoms with Crippen LogP contribution in [0.3, 0.4) is 0 Å². The highest BCUT2D eigenvalue weighted by Crippen LogP contribution is 2.25. The quantitative estimate of drug-likeness (QED) is 0.729. The number of ether oxygens (including phenoxy) is 1. The average Bonchev–Trinajstić information content (AvgIpc) is 2.79. The molecular weight excluding hydrogens is 425 g/mol. The van der Waals surface area contributed by atoms with Gasteiger partial charge in [-0.1, -0.05) is 18.2 Å². The third-order valence-corrected chi connectivity index (χ3v) is 6.32. The van der Waals surface area contributed by atoms with E-state index in [9.17, 15) is 18.8 Å². The summed E-state index contributed by atoms with van der Waals surface area (Å²) in [5.41, 5.74) is 0.0638. The molecule has 2 heterocycles. The van der Waals surface area contributed by atoms with E-state index in [1.807, 2.05) is 25.7 Å². The van der Waals surface area contributed by atoms with Crippen LogP contribution in [0.25, 0.3) is 0 Å². The summed E-state index contributed by atoms with van der Waals surface area (Å²) in [5, 5.41) is 2.91. The predicted molar refractivity (Wildman–Crippen MR) is 123 cm³/mol. The maximum atomic E-state index is 13.7. The predicted octanol–water partition coefficient (Wildman–Crippen LogP) is 3.37. The van der Waals surface area contributed by atoms with Gasteiger partial charge in [0, 0.05) is 44.6 Å². The fraction of sp³-hybridized carbons (Fsp3) is 0.640. The van der Waals surface area contributed by atoms with Crippen LogP contribution >= 0.6 is 0 Å². The maximum absolute atomic E-state index is 13.7. The third-order valence-electron chi connectivity index (χ3n) is 6.32. The summed E-state index contributed by atoms with van der Waals surface area (Å²) in [6.07, 6.45) is 2.67. The van der Waals surface area contributed by atoms with Crippen LogP contribution in [0.5, 0.6) is 0 Å². The molecule has 0 bridgehead atoms. The SMILES string of the molecule is CC(C)(C)OC(=O)N1CCC(C(=O)N2CCC(C(=O)NCCc3ccccc3F)CC2)CC1. The number of halogens is 1. The monoisotopic (exact) mass is 461 g/mol. The molecule has 7 nitrogen and oxygen atoms in total. The minimum absolute atomic E-state index is 0.0240. The zero-order valence-corrected chi connectivity index (χ0v) is 19.9. The molecule has 0 aliphatic carbocycles. The Morgan fingerprint density at radius 3 is 2.15 bits per heavy atom. The van der Waals surface area contributed by atoms with Crippen LogP contribution < -0.4 is 5.32 Å². The molecule has 2 fully saturated rings. The smallest absolute Gasteiger partial charge is 0.410 e. The minimum atomic E-state index is -0.530. The van der Waals surface area contributed by atoms with Gasteiger partial charge < -0.3 is 19.9 Å². The number of nitrogens with zero attached hydrogens (tertiary/aromatic N) is 2. The molecule has 0 aromatic heterocycles. The van der Waals surface area contributed by atoms with Gasteiger partial charge in [0.25, 0.3) is 0 Å². The van der Waals surface area contributed by atoms with Crippen LogP contribution in [0, 0.1) is 17.7 Å². The van der Waals surface area contributed by atoms with Gasteiger partial charge in [-0.25, -0.2) is 9.18 Å². The van der Waals surface area contributed by atoms with E-state index in [2.05, 4.69) is 5.32 Å². The van der Waals surface area contributed by atoms with Crippen LogP contribution in [0.1, 0.15) is 52.0 Å². The number of piperidine rings is 2. The van der Waals surface area contributed by atoms with Crippen molar-refractivity contribution in [2.75, 3.05) is 32.7 Å². The van der Waals surface area contributed by atoms with Gasteiger partial charge in [-0.2, -0.15) is 0 Å². The van der Waals surface area contributed by atoms with Gasteiger partial charge in [0.15, 0.2) is 0 Å². The van der Waals surface area contributed by atoms with Crippen LogP contribution in [0.4, 0.5) is 9.18 Å². The van der Waals surface area contributed by atoms with Crippen molar-refractivity contribution in [1.82, 2.24) is 15.1 Å². The highest BCUT2D eigenvalue weighted by molar-refractivity contribution is 5.81. The van der Waals surface area contributed by atoms with Crippen LogP contribution in [-0.2, 0) is 20.7 Å². The van der Waals surface area contributed by atoms with Gasteiger partial charge >= 0.3 is 6.09 Å². The largest absolute Gasteiger partial charge is 0.444 e. The summed E-state index contributed by atoms with van der Waals surface area (Å²) >= 11 is 0. The van der Waals surface area contributed by atoms with Crippen molar-refractivity contribution in [2.24, 2.45) is 11.8 Å². The summed E-state index contributed by atoms with van der Waals surface area (Å²) in [5.74, 6) is -0.365. The molecule has 1 N–H and O–H groups in total. The number of hydrogen-bond acceptors (Lipinski definition) is 4. The Hall–Kier alpha value is -2.64. The second-order valence-electron chi connectivity index (χ2n) is 9.97. The average molecular weight is 462 g/mol. The zero-order valence-electron chi connectivity index (χ0n) is 19.9. The molecule has 0 saturated carbocycles. The summed E-state index contributed by atoms with van der Waals surface area (Å²) in [6, 6.07) is 6.58. The molecule has 8 heteroatoms. The number of hydrogen-bond donors (Lipinski definition) is 1. The molecule has 2 saturated heterocycles. The first kappa shape index (κ1) is 25.0. The van der Waals surface area contributed by atoms with E-state index in [1.165, 1.54) is 6.07 Å². The third kappa shape index (κ3) is 7.17. The van der Waals surface area contributed by atoms with Gasteiger partial charge in [-0.3, -0.25) is 9.59 Å². The lowest BCUT2D eigenvalue weighted by atomic mass is 9.91. The van der Waals surface area contributed by atoms with E-state index in [0.717, 1.165) is 0 Å². The van der Waals surface area contributed by atoms with Gasteiger partial charge in [0.1, 0.15) is 11.4 Å². The Morgan fingerprint density at radius 2 is 1.55 bits per heavy atom. The first-order valence-electron chi connectivity index (χ1n) is 11.9. The molecule has 3 rings (SSSR count). The fourth-order valence-corrected chi connectivity index (χ4v) is 4.42. The molecule has 3 amide bonds. The second kappa shape index (κ2) is 11.0. The second-order valence-corrected chi connectivity index (χ2v) is 9.97. The lowest BCUT2D eigenvalue weighted by Crippen LogP contribution is -2.48. The summed E-state index contributed by atoms with van der Waals surface area (Å²) in [7, 11) is 0. The molecule has 1 aromatic carbocycles. The van der Waals surface area contributed by atoms with E-state index >= 15 is 0 Å². The van der Waals surface area contributed by atoms with E-state index < -0.39 is 5.60 Å². The van der Waals surface area contributed by atoms with Crippen molar-refractivity contribution in [3.8, 4) is 0 Å². The highest BCUT2D eigenvalue weighted by Gasteiger charge is 2.34. The van der Waals surface area contributed by atoms with Crippen LogP contribution in [-0.4, -0.2) is 66.0 Å². The number of rotatable bonds is 5. The Bertz CT molecular complexity index is 838. The van der Waals surface area contributed by atoms with Crippen molar-refractivity contribution < 1.29 is 23.5 Å². The number of likely N-dealkylation sites (tertiary alicyclic amines) is 2. The Labute approximate surface area is 195 Å². The highest BCUT2D eigenvalue weighted by atomic mass is 19.1. The molecule has 182 valence electrons. The molecule has 33 heavy (non-hydrogen) atoms. The molecule has 2 aliphatic rings. The van der Waals surface area contributed by atoms with Crippen molar-refractivity contribution in [1.29, 1.82) is 0 Å². The number of carbonyl (C=O) groups excluding carboxylic acids is 3. The van der Waals surface area contributed by atoms with Gasteiger partial charge in [0.05, 0.1) is 0 Å². The fourth-order valence-electron chi connectivity index (χ4n) is 4.42. The topological polar surface area (TPSA) is 79.0 Å². The minimum Gasteiger partial charge on any atom is -0.444 e. The molecule has 1 aromatic rings. The maximum Gasteiger partial charge on any atom is 0.410 e. The van der Waals surface area contributed by atoms with E-state index in [-0.39, 0.29) is 35.6 Å². The Balaban J connectivity index is 1.37. The Kier molecular flexibility index (Phi) is 8.32. The van der Waals surface area contributed by atoms with Gasteiger partial charge in [0.2, 0.25) is 11.8 Å². The number of nitrogens with one attached hydrogen (secondary N) is 1. The van der Waals surface area contributed by atoms with E-state index in [1.54, 1.807) is 23.1 Å². The van der Waals surface area contributed by atoms with Crippen LogP contribution in [0.2, 0.25) is 0 Å². The number of amides is 3. The normalized spacial score (nSPS) is 18.2. The molecule has 0 atom stereocenters. The van der Waals surface area contributed by atoms with Crippen molar-refractivity contribution in [3.63, 3.8) is 0 Å². The van der Waals surface area contributed by atoms with Crippen molar-refractivity contribution in [2.45, 2.75) is 58.5 Å². The molecule has 0 radical (unpaired) electrons. The lowest BCUT2D eigenvalue weighted by molar-refractivity contribution is -0.140. The molecule has 0 spiro atoms. The summed E-state index contributed by atoms with van der Waals surface area (Å²) < 4.78 is 19.1. The van der Waals surface area contributed by atoms with E-state index in [4.69, 9.17) is 4.74 Å². The first-order chi connectivity index (χ1) is 15.6. The first-order valence-corrected chi connectivity index (χ1v) is 11.9. The number of carbonyl (C=O) groups is 3. The van der Waals surface area contributed by atoms with E-state index in [0.29, 0.717) is 70.4 Å². The van der Waals surface area contributed by atoms with Gasteiger partial charge in [-0.05, 0) is 64.5 Å². The van der Waals surface area contributed by atoms with Gasteiger partial charge in [-0.15, -0.1) is 0 Å². The lowest BCUT2D eigenvalue weighted by Gasteiger charge is -2.37. The standard InChI is InChI=1S/C25H36FN3O4/c1-25(2,3)33-24(32)29-16-11-20(12-17-29)23(31)28-14-9-19(10-15-28)22(30)27-13-8-18-6-4-5-7-21(18)26/h4-7,19-20H,8-17H2,1-3H3,(H,27,30). The van der Waals surface area contributed by atoms with Crippen molar-refractivity contribution in [3.05, 3.63) is 35.6 Å². The van der Waals surface area contributed by atoms with Crippen LogP contribution in [0.15, 0.2) is 24.3 Å². The molecular formula is C25H36FN3O4. The number of benzene rings is 1. The molecule has 2 aliphatic heterocycles. The summed E-state index contributed by atoms with van der Waals surface area (Å²) in [6.45, 7) is 8.09. The van der Waals surface area contributed by atoms with Crippen molar-refractivity contribution >= 4 is 17.9 Å².